The number of tetrazole rings is 1. The molecule has 8 nitrogen and oxygen atoms in total. The fourth-order valence-corrected chi connectivity index (χ4v) is 2.46. The maximum atomic E-state index is 12.4. The molecule has 0 saturated heterocycles. The fourth-order valence-electron chi connectivity index (χ4n) is 2.46. The van der Waals surface area contributed by atoms with Gasteiger partial charge in [-0.3, -0.25) is 4.79 Å². The highest BCUT2D eigenvalue weighted by atomic mass is 16.1. The lowest BCUT2D eigenvalue weighted by Crippen LogP contribution is -2.12. The Kier molecular flexibility index (Phi) is 3.23. The number of pyridine rings is 1. The molecule has 0 radical (unpaired) electrons. The predicted molar refractivity (Wildman–Crippen MR) is 88.9 cm³/mol. The monoisotopic (exact) mass is 321 g/mol. The SMILES string of the molecule is CC(C)c1nc2ccc(NC(=O)c3ccc4nnnn4c3)cc2[nH]1. The Hall–Kier alpha value is -3.29. The molecular formula is C16H15N7O. The third-order valence-electron chi connectivity index (χ3n) is 3.76. The van der Waals surface area contributed by atoms with E-state index in [9.17, 15) is 4.79 Å². The number of aromatic amines is 1. The number of benzene rings is 1. The molecule has 4 aromatic rings. The third kappa shape index (κ3) is 2.47. The summed E-state index contributed by atoms with van der Waals surface area (Å²) in [5.41, 5.74) is 3.54. The van der Waals surface area contributed by atoms with Gasteiger partial charge in [0.25, 0.3) is 5.91 Å². The number of rotatable bonds is 3. The zero-order chi connectivity index (χ0) is 16.7. The highest BCUT2D eigenvalue weighted by Gasteiger charge is 2.10. The van der Waals surface area contributed by atoms with Crippen LogP contribution < -0.4 is 5.32 Å². The Morgan fingerprint density at radius 2 is 2.12 bits per heavy atom. The molecule has 1 amide bonds. The van der Waals surface area contributed by atoms with Gasteiger partial charge in [-0.15, -0.1) is 5.10 Å². The van der Waals surface area contributed by atoms with E-state index in [-0.39, 0.29) is 5.91 Å². The molecule has 3 aromatic heterocycles. The summed E-state index contributed by atoms with van der Waals surface area (Å²) in [7, 11) is 0. The number of anilines is 1. The van der Waals surface area contributed by atoms with E-state index in [4.69, 9.17) is 0 Å². The molecule has 120 valence electrons. The van der Waals surface area contributed by atoms with Crippen LogP contribution in [0.1, 0.15) is 35.9 Å². The predicted octanol–water partition coefficient (Wildman–Crippen LogP) is 2.38. The van der Waals surface area contributed by atoms with Crippen molar-refractivity contribution in [1.29, 1.82) is 0 Å². The molecule has 8 heteroatoms. The Balaban J connectivity index is 1.61. The van der Waals surface area contributed by atoms with Crippen LogP contribution in [0.2, 0.25) is 0 Å². The number of nitrogens with one attached hydrogen (secondary N) is 2. The molecule has 4 rings (SSSR count). The molecule has 0 aliphatic heterocycles. The van der Waals surface area contributed by atoms with Gasteiger partial charge in [-0.05, 0) is 40.8 Å². The molecule has 0 spiro atoms. The normalized spacial score (nSPS) is 11.5. The van der Waals surface area contributed by atoms with Crippen molar-refractivity contribution in [1.82, 2.24) is 30.0 Å². The van der Waals surface area contributed by atoms with Gasteiger partial charge in [0.05, 0.1) is 16.6 Å². The van der Waals surface area contributed by atoms with Crippen molar-refractivity contribution in [3.63, 3.8) is 0 Å². The maximum Gasteiger partial charge on any atom is 0.257 e. The zero-order valence-electron chi connectivity index (χ0n) is 13.2. The van der Waals surface area contributed by atoms with Crippen LogP contribution in [0, 0.1) is 0 Å². The van der Waals surface area contributed by atoms with Crippen molar-refractivity contribution < 1.29 is 4.79 Å². The first-order valence-corrected chi connectivity index (χ1v) is 7.59. The van der Waals surface area contributed by atoms with Crippen molar-refractivity contribution in [3.05, 3.63) is 47.9 Å². The summed E-state index contributed by atoms with van der Waals surface area (Å²) in [5, 5.41) is 14.0. The molecule has 0 saturated carbocycles. The number of hydrogen-bond donors (Lipinski definition) is 2. The second-order valence-corrected chi connectivity index (χ2v) is 5.86. The quantitative estimate of drug-likeness (QED) is 0.603. The summed E-state index contributed by atoms with van der Waals surface area (Å²) in [6.45, 7) is 4.16. The topological polar surface area (TPSA) is 101 Å². The molecule has 0 aliphatic carbocycles. The van der Waals surface area contributed by atoms with E-state index in [1.165, 1.54) is 4.52 Å². The van der Waals surface area contributed by atoms with E-state index in [1.54, 1.807) is 18.3 Å². The summed E-state index contributed by atoms with van der Waals surface area (Å²) < 4.78 is 1.46. The van der Waals surface area contributed by atoms with Gasteiger partial charge < -0.3 is 10.3 Å². The Morgan fingerprint density at radius 3 is 2.96 bits per heavy atom. The van der Waals surface area contributed by atoms with Crippen LogP contribution >= 0.6 is 0 Å². The standard InChI is InChI=1S/C16H15N7O/c1-9(2)15-18-12-5-4-11(7-13(12)19-15)17-16(24)10-3-6-14-20-21-22-23(14)8-10/h3-9H,1-2H3,(H,17,24)(H,18,19). The second-order valence-electron chi connectivity index (χ2n) is 5.86. The zero-order valence-corrected chi connectivity index (χ0v) is 13.2. The van der Waals surface area contributed by atoms with Crippen LogP contribution in [0.3, 0.4) is 0 Å². The van der Waals surface area contributed by atoms with Gasteiger partial charge in [-0.1, -0.05) is 13.8 Å². The minimum atomic E-state index is -0.227. The highest BCUT2D eigenvalue weighted by Crippen LogP contribution is 2.21. The Labute approximate surface area is 136 Å². The van der Waals surface area contributed by atoms with Gasteiger partial charge >= 0.3 is 0 Å². The number of hydrogen-bond acceptors (Lipinski definition) is 5. The van der Waals surface area contributed by atoms with Crippen molar-refractivity contribution >= 4 is 28.3 Å². The molecular weight excluding hydrogens is 306 g/mol. The average molecular weight is 321 g/mol. The Bertz CT molecular complexity index is 1050. The van der Waals surface area contributed by atoms with Crippen molar-refractivity contribution in [2.24, 2.45) is 0 Å². The Morgan fingerprint density at radius 1 is 1.25 bits per heavy atom. The average Bonchev–Trinajstić information content (AvgIpc) is 3.20. The lowest BCUT2D eigenvalue weighted by Gasteiger charge is -2.05. The molecule has 1 aromatic carbocycles. The first-order chi connectivity index (χ1) is 11.6. The van der Waals surface area contributed by atoms with Crippen LogP contribution in [0.15, 0.2) is 36.5 Å². The van der Waals surface area contributed by atoms with E-state index >= 15 is 0 Å². The fraction of sp³-hybridized carbons (Fsp3) is 0.188. The summed E-state index contributed by atoms with van der Waals surface area (Å²) >= 11 is 0. The summed E-state index contributed by atoms with van der Waals surface area (Å²) in [4.78, 5) is 20.2. The summed E-state index contributed by atoms with van der Waals surface area (Å²) in [6.07, 6.45) is 1.59. The number of aromatic nitrogens is 6. The molecule has 3 heterocycles. The first-order valence-electron chi connectivity index (χ1n) is 7.59. The number of imidazole rings is 1. The smallest absolute Gasteiger partial charge is 0.257 e. The second kappa shape index (κ2) is 5.41. The van der Waals surface area contributed by atoms with Crippen LogP contribution in [-0.2, 0) is 0 Å². The minimum absolute atomic E-state index is 0.227. The molecule has 0 bridgehead atoms. The maximum absolute atomic E-state index is 12.4. The first kappa shape index (κ1) is 14.3. The lowest BCUT2D eigenvalue weighted by molar-refractivity contribution is 0.102. The van der Waals surface area contributed by atoms with E-state index in [0.717, 1.165) is 16.9 Å². The molecule has 24 heavy (non-hydrogen) atoms. The summed E-state index contributed by atoms with van der Waals surface area (Å²) in [5.74, 6) is 1.02. The van der Waals surface area contributed by atoms with Crippen molar-refractivity contribution in [3.8, 4) is 0 Å². The molecule has 0 unspecified atom stereocenters. The van der Waals surface area contributed by atoms with E-state index < -0.39 is 0 Å². The van der Waals surface area contributed by atoms with Crippen molar-refractivity contribution in [2.45, 2.75) is 19.8 Å². The van der Waals surface area contributed by atoms with Crippen LogP contribution in [0.5, 0.6) is 0 Å². The van der Waals surface area contributed by atoms with Gasteiger partial charge in [-0.2, -0.15) is 4.52 Å². The van der Waals surface area contributed by atoms with E-state index in [1.807, 2.05) is 18.2 Å². The number of nitrogens with zero attached hydrogens (tertiary/aromatic N) is 5. The largest absolute Gasteiger partial charge is 0.342 e. The van der Waals surface area contributed by atoms with Gasteiger partial charge in [0, 0.05) is 17.8 Å². The number of carbonyl (C=O) groups excluding carboxylic acids is 1. The van der Waals surface area contributed by atoms with Gasteiger partial charge in [-0.25, -0.2) is 4.98 Å². The molecule has 2 N–H and O–H groups in total. The lowest BCUT2D eigenvalue weighted by atomic mass is 10.2. The third-order valence-corrected chi connectivity index (χ3v) is 3.76. The van der Waals surface area contributed by atoms with Crippen LogP contribution in [0.25, 0.3) is 16.7 Å². The van der Waals surface area contributed by atoms with Crippen LogP contribution in [-0.4, -0.2) is 35.9 Å². The number of carbonyl (C=O) groups is 1. The van der Waals surface area contributed by atoms with E-state index in [2.05, 4.69) is 44.7 Å². The number of amides is 1. The summed E-state index contributed by atoms with van der Waals surface area (Å²) in [6, 6.07) is 8.98. The van der Waals surface area contributed by atoms with Gasteiger partial charge in [0.1, 0.15) is 5.82 Å². The highest BCUT2D eigenvalue weighted by molar-refractivity contribution is 6.04. The van der Waals surface area contributed by atoms with Crippen LogP contribution in [0.4, 0.5) is 5.69 Å². The number of H-pyrrole nitrogens is 1. The van der Waals surface area contributed by atoms with E-state index in [0.29, 0.717) is 22.8 Å². The minimum Gasteiger partial charge on any atom is -0.342 e. The molecule has 0 aliphatic rings. The number of fused-ring (bicyclic) bond motifs is 2. The van der Waals surface area contributed by atoms with Gasteiger partial charge in [0.15, 0.2) is 5.65 Å². The van der Waals surface area contributed by atoms with Crippen molar-refractivity contribution in [2.75, 3.05) is 5.32 Å². The molecule has 0 atom stereocenters. The van der Waals surface area contributed by atoms with Gasteiger partial charge in [0.2, 0.25) is 0 Å². The molecule has 0 fully saturated rings.